The van der Waals surface area contributed by atoms with E-state index >= 15 is 0 Å². The number of nitrogens with zero attached hydrogens (tertiary/aromatic N) is 6. The zero-order valence-electron chi connectivity index (χ0n) is 12.7. The van der Waals surface area contributed by atoms with Crippen LogP contribution in [0.25, 0.3) is 11.3 Å². The molecule has 0 atom stereocenters. The van der Waals surface area contributed by atoms with Crippen molar-refractivity contribution < 1.29 is 9.53 Å². The molecule has 122 valence electrons. The molecule has 0 saturated carbocycles. The van der Waals surface area contributed by atoms with Crippen LogP contribution in [0.3, 0.4) is 0 Å². The molecule has 1 N–H and O–H groups in total. The summed E-state index contributed by atoms with van der Waals surface area (Å²) in [5.74, 6) is 0.475. The average molecular weight is 343 g/mol. The Balaban J connectivity index is 1.60. The van der Waals surface area contributed by atoms with Gasteiger partial charge in [0.05, 0.1) is 5.69 Å². The molecule has 0 aromatic carbocycles. The van der Waals surface area contributed by atoms with E-state index in [4.69, 9.17) is 4.74 Å². The van der Waals surface area contributed by atoms with Gasteiger partial charge in [-0.05, 0) is 12.1 Å². The van der Waals surface area contributed by atoms with E-state index in [1.54, 1.807) is 12.4 Å². The van der Waals surface area contributed by atoms with Gasteiger partial charge >= 0.3 is 6.03 Å². The highest BCUT2D eigenvalue weighted by molar-refractivity contribution is 7.13. The number of aliphatic imine (C=N–C) groups is 1. The van der Waals surface area contributed by atoms with Gasteiger partial charge in [-0.25, -0.2) is 15.3 Å². The summed E-state index contributed by atoms with van der Waals surface area (Å²) in [6.07, 6.45) is 3.45. The Morgan fingerprint density at radius 3 is 3.00 bits per heavy atom. The first-order valence-electron chi connectivity index (χ1n) is 7.10. The average Bonchev–Trinajstić information content (AvgIpc) is 3.25. The Hall–Kier alpha value is -2.85. The Bertz CT molecular complexity index is 833. The van der Waals surface area contributed by atoms with Gasteiger partial charge < -0.3 is 4.74 Å². The van der Waals surface area contributed by atoms with Crippen LogP contribution in [0.15, 0.2) is 40.0 Å². The number of rotatable bonds is 4. The van der Waals surface area contributed by atoms with Crippen LogP contribution in [0.4, 0.5) is 4.79 Å². The summed E-state index contributed by atoms with van der Waals surface area (Å²) >= 11 is 1.46. The summed E-state index contributed by atoms with van der Waals surface area (Å²) in [5, 5.41) is 8.17. The highest BCUT2D eigenvalue weighted by atomic mass is 32.1. The van der Waals surface area contributed by atoms with Crippen molar-refractivity contribution in [3.05, 3.63) is 34.9 Å². The second-order valence-corrected chi connectivity index (χ2v) is 5.87. The molecule has 0 saturated heterocycles. The number of hydrazone groups is 1. The van der Waals surface area contributed by atoms with Gasteiger partial charge in [0.2, 0.25) is 0 Å². The second-order valence-electron chi connectivity index (χ2n) is 5.01. The van der Waals surface area contributed by atoms with E-state index < -0.39 is 0 Å². The number of nitrogens with one attached hydrogen (secondary N) is 1. The first kappa shape index (κ1) is 14.7. The molecular weight excluding hydrogens is 330 g/mol. The fourth-order valence-electron chi connectivity index (χ4n) is 2.38. The van der Waals surface area contributed by atoms with Crippen LogP contribution in [0.2, 0.25) is 0 Å². The zero-order valence-corrected chi connectivity index (χ0v) is 13.5. The molecule has 10 heteroatoms. The number of carbonyl (C=O) groups excluding carboxylic acids is 1. The van der Waals surface area contributed by atoms with E-state index in [0.29, 0.717) is 11.5 Å². The van der Waals surface area contributed by atoms with Crippen molar-refractivity contribution in [1.82, 2.24) is 25.4 Å². The predicted octanol–water partition coefficient (Wildman–Crippen LogP) is 1.12. The summed E-state index contributed by atoms with van der Waals surface area (Å²) < 4.78 is 4.96. The molecule has 2 aromatic heterocycles. The lowest BCUT2D eigenvalue weighted by Gasteiger charge is -2.30. The summed E-state index contributed by atoms with van der Waals surface area (Å²) in [4.78, 5) is 26.9. The summed E-state index contributed by atoms with van der Waals surface area (Å²) in [6, 6.07) is 3.53. The Morgan fingerprint density at radius 1 is 1.38 bits per heavy atom. The van der Waals surface area contributed by atoms with E-state index in [1.807, 2.05) is 17.5 Å². The van der Waals surface area contributed by atoms with Crippen molar-refractivity contribution in [2.24, 2.45) is 10.1 Å². The van der Waals surface area contributed by atoms with Crippen molar-refractivity contribution >= 4 is 28.9 Å². The van der Waals surface area contributed by atoms with E-state index in [0.717, 1.165) is 16.3 Å². The Labute approximate surface area is 141 Å². The van der Waals surface area contributed by atoms with Crippen molar-refractivity contribution in [3.63, 3.8) is 0 Å². The topological polar surface area (TPSA) is 95.3 Å². The lowest BCUT2D eigenvalue weighted by atomic mass is 10.2. The van der Waals surface area contributed by atoms with E-state index in [2.05, 4.69) is 25.6 Å². The van der Waals surface area contributed by atoms with Crippen LogP contribution >= 0.6 is 11.3 Å². The molecule has 0 aliphatic carbocycles. The number of amides is 2. The quantitative estimate of drug-likeness (QED) is 0.898. The SMILES string of the molecule is COCN1NN=C2C(c3nc(-c4ccncc4)cs3)=NCN2C1=O. The van der Waals surface area contributed by atoms with Gasteiger partial charge in [-0.2, -0.15) is 5.01 Å². The van der Waals surface area contributed by atoms with E-state index in [9.17, 15) is 4.79 Å². The summed E-state index contributed by atoms with van der Waals surface area (Å²) in [5.41, 5.74) is 5.11. The second kappa shape index (κ2) is 5.98. The third-order valence-corrected chi connectivity index (χ3v) is 4.37. The number of hydrogen-bond acceptors (Lipinski definition) is 8. The van der Waals surface area contributed by atoms with Crippen LogP contribution in [-0.4, -0.2) is 58.0 Å². The first-order valence-corrected chi connectivity index (χ1v) is 7.98. The van der Waals surface area contributed by atoms with Crippen molar-refractivity contribution in [2.75, 3.05) is 20.5 Å². The maximum atomic E-state index is 12.3. The van der Waals surface area contributed by atoms with Gasteiger partial charge in [-0.1, -0.05) is 0 Å². The standard InChI is InChI=1S/C14H13N7O2S/c1-23-8-21-14(22)20-7-16-11(12(20)18-19-21)13-17-10(6-24-13)9-2-4-15-5-3-9/h2-6,19H,7-8H2,1H3. The maximum absolute atomic E-state index is 12.3. The fourth-order valence-corrected chi connectivity index (χ4v) is 3.21. The van der Waals surface area contributed by atoms with E-state index in [1.165, 1.54) is 28.4 Å². The highest BCUT2D eigenvalue weighted by Crippen LogP contribution is 2.24. The van der Waals surface area contributed by atoms with Gasteiger partial charge in [0.1, 0.15) is 24.1 Å². The molecule has 0 spiro atoms. The summed E-state index contributed by atoms with van der Waals surface area (Å²) in [7, 11) is 1.51. The molecule has 2 amide bonds. The fraction of sp³-hybridized carbons (Fsp3) is 0.214. The number of methoxy groups -OCH3 is 1. The number of carbonyl (C=O) groups is 1. The normalized spacial score (nSPS) is 16.6. The Kier molecular flexibility index (Phi) is 3.67. The molecule has 2 aliphatic heterocycles. The third kappa shape index (κ3) is 2.41. The van der Waals surface area contributed by atoms with Crippen LogP contribution in [0.5, 0.6) is 0 Å². The van der Waals surface area contributed by atoms with Crippen molar-refractivity contribution in [3.8, 4) is 11.3 Å². The highest BCUT2D eigenvalue weighted by Gasteiger charge is 2.37. The number of hydrazine groups is 1. The van der Waals surface area contributed by atoms with Gasteiger partial charge in [0.25, 0.3) is 0 Å². The molecule has 24 heavy (non-hydrogen) atoms. The maximum Gasteiger partial charge on any atom is 0.349 e. The molecule has 0 unspecified atom stereocenters. The molecule has 0 fully saturated rings. The van der Waals surface area contributed by atoms with Crippen LogP contribution in [0.1, 0.15) is 5.01 Å². The van der Waals surface area contributed by atoms with Crippen molar-refractivity contribution in [2.45, 2.75) is 0 Å². The molecule has 2 aromatic rings. The van der Waals surface area contributed by atoms with Gasteiger partial charge in [0, 0.05) is 30.4 Å². The predicted molar refractivity (Wildman–Crippen MR) is 88.3 cm³/mol. The van der Waals surface area contributed by atoms with Gasteiger partial charge in [-0.15, -0.1) is 16.4 Å². The number of urea groups is 1. The minimum Gasteiger partial charge on any atom is -0.362 e. The first-order chi connectivity index (χ1) is 11.8. The number of amidine groups is 1. The molecular formula is C14H13N7O2S. The zero-order chi connectivity index (χ0) is 16.5. The number of fused-ring (bicyclic) bond motifs is 1. The molecule has 4 rings (SSSR count). The number of hydrogen-bond donors (Lipinski definition) is 1. The lowest BCUT2D eigenvalue weighted by molar-refractivity contribution is 0.0405. The smallest absolute Gasteiger partial charge is 0.349 e. The molecule has 0 radical (unpaired) electrons. The molecule has 2 aliphatic rings. The molecule has 4 heterocycles. The lowest BCUT2D eigenvalue weighted by Crippen LogP contribution is -2.55. The van der Waals surface area contributed by atoms with Crippen molar-refractivity contribution in [1.29, 1.82) is 0 Å². The minimum atomic E-state index is -0.258. The Morgan fingerprint density at radius 2 is 2.21 bits per heavy atom. The molecule has 9 nitrogen and oxygen atoms in total. The number of thiazole rings is 1. The largest absolute Gasteiger partial charge is 0.362 e. The summed E-state index contributed by atoms with van der Waals surface area (Å²) in [6.45, 7) is 0.323. The van der Waals surface area contributed by atoms with Crippen LogP contribution < -0.4 is 5.53 Å². The monoisotopic (exact) mass is 343 g/mol. The van der Waals surface area contributed by atoms with Gasteiger partial charge in [-0.3, -0.25) is 14.9 Å². The third-order valence-electron chi connectivity index (χ3n) is 3.52. The van der Waals surface area contributed by atoms with Crippen LogP contribution in [-0.2, 0) is 4.74 Å². The van der Waals surface area contributed by atoms with Crippen LogP contribution in [0, 0.1) is 0 Å². The minimum absolute atomic E-state index is 0.102. The number of aromatic nitrogens is 2. The van der Waals surface area contributed by atoms with E-state index in [-0.39, 0.29) is 19.4 Å². The van der Waals surface area contributed by atoms with Gasteiger partial charge in [0.15, 0.2) is 5.84 Å². The number of pyridine rings is 1. The molecule has 0 bridgehead atoms. The number of ether oxygens (including phenoxy) is 1.